The Bertz CT molecular complexity index is 883. The lowest BCUT2D eigenvalue weighted by atomic mass is 10.1. The zero-order chi connectivity index (χ0) is 20.8. The number of hydrogen-bond acceptors (Lipinski definition) is 4. The summed E-state index contributed by atoms with van der Waals surface area (Å²) in [6.45, 7) is 5.97. The molecule has 166 valence electrons. The second-order valence-electron chi connectivity index (χ2n) is 7.80. The third-order valence-corrected chi connectivity index (χ3v) is 5.75. The average Bonchev–Trinajstić information content (AvgIpc) is 3.20. The number of nitrogens with one attached hydrogen (secondary N) is 1. The zero-order valence-electron chi connectivity index (χ0n) is 18.0. The van der Waals surface area contributed by atoms with E-state index in [2.05, 4.69) is 55.4 Å². The lowest BCUT2D eigenvalue weighted by Gasteiger charge is -2.37. The molecule has 1 aromatic carbocycles. The highest BCUT2D eigenvalue weighted by atomic mass is 127. The number of anilines is 1. The number of carbonyl (C=O) groups excluding carboxylic acids is 1. The van der Waals surface area contributed by atoms with Crippen molar-refractivity contribution in [2.75, 3.05) is 44.7 Å². The Morgan fingerprint density at radius 3 is 2.55 bits per heavy atom. The van der Waals surface area contributed by atoms with Gasteiger partial charge in [0.25, 0.3) is 0 Å². The van der Waals surface area contributed by atoms with Gasteiger partial charge in [-0.15, -0.1) is 24.0 Å². The quantitative estimate of drug-likeness (QED) is 0.363. The van der Waals surface area contributed by atoms with Crippen molar-refractivity contribution in [3.63, 3.8) is 0 Å². The van der Waals surface area contributed by atoms with Gasteiger partial charge in [0.15, 0.2) is 5.96 Å². The summed E-state index contributed by atoms with van der Waals surface area (Å²) in [6, 6.07) is 14.5. The number of pyridine rings is 1. The van der Waals surface area contributed by atoms with Gasteiger partial charge in [-0.3, -0.25) is 9.79 Å². The van der Waals surface area contributed by atoms with Gasteiger partial charge in [-0.25, -0.2) is 4.98 Å². The van der Waals surface area contributed by atoms with Gasteiger partial charge in [-0.1, -0.05) is 30.3 Å². The molecule has 0 unspecified atom stereocenters. The van der Waals surface area contributed by atoms with Gasteiger partial charge in [0, 0.05) is 65.5 Å². The fourth-order valence-corrected chi connectivity index (χ4v) is 4.13. The van der Waals surface area contributed by atoms with E-state index in [0.717, 1.165) is 57.5 Å². The number of hydrogen-bond donors (Lipinski definition) is 1. The first-order valence-electron chi connectivity index (χ1n) is 10.7. The maximum absolute atomic E-state index is 11.9. The predicted octanol–water partition coefficient (Wildman–Crippen LogP) is 2.72. The number of amides is 1. The van der Waals surface area contributed by atoms with Crippen LogP contribution in [0.5, 0.6) is 0 Å². The molecular formula is C23H31IN6O. The van der Waals surface area contributed by atoms with Gasteiger partial charge in [0.05, 0.1) is 0 Å². The van der Waals surface area contributed by atoms with Crippen LogP contribution in [-0.2, 0) is 17.9 Å². The SMILES string of the molecule is CN=C(NCc1cccc(CN2CCCC2=O)c1)N1CCN(c2ccccn2)CC1.I. The molecule has 0 atom stereocenters. The number of nitrogens with zero attached hydrogens (tertiary/aromatic N) is 5. The maximum atomic E-state index is 11.9. The Labute approximate surface area is 201 Å². The highest BCUT2D eigenvalue weighted by Crippen LogP contribution is 2.16. The van der Waals surface area contributed by atoms with Gasteiger partial charge in [-0.05, 0) is 29.7 Å². The molecule has 2 aliphatic rings. The Hall–Kier alpha value is -2.36. The number of benzene rings is 1. The van der Waals surface area contributed by atoms with Crippen molar-refractivity contribution in [3.05, 3.63) is 59.8 Å². The summed E-state index contributed by atoms with van der Waals surface area (Å²) in [7, 11) is 1.84. The zero-order valence-corrected chi connectivity index (χ0v) is 20.4. The van der Waals surface area contributed by atoms with E-state index < -0.39 is 0 Å². The fourth-order valence-electron chi connectivity index (χ4n) is 4.13. The number of carbonyl (C=O) groups is 1. The van der Waals surface area contributed by atoms with Gasteiger partial charge in [0.1, 0.15) is 5.82 Å². The molecule has 0 spiro atoms. The number of likely N-dealkylation sites (tertiary alicyclic amines) is 1. The molecule has 0 saturated carbocycles. The summed E-state index contributed by atoms with van der Waals surface area (Å²) in [4.78, 5) is 27.4. The van der Waals surface area contributed by atoms with Crippen LogP contribution in [0.25, 0.3) is 0 Å². The third-order valence-electron chi connectivity index (χ3n) is 5.75. The first-order valence-corrected chi connectivity index (χ1v) is 10.7. The van der Waals surface area contributed by atoms with Crippen LogP contribution in [0.1, 0.15) is 24.0 Å². The van der Waals surface area contributed by atoms with Gasteiger partial charge in [0.2, 0.25) is 5.91 Å². The molecule has 7 nitrogen and oxygen atoms in total. The molecule has 8 heteroatoms. The Balaban J connectivity index is 0.00000272. The van der Waals surface area contributed by atoms with Crippen LogP contribution in [0.2, 0.25) is 0 Å². The number of guanidine groups is 1. The summed E-state index contributed by atoms with van der Waals surface area (Å²) in [6.07, 6.45) is 3.51. The number of aliphatic imine (C=N–C) groups is 1. The van der Waals surface area contributed by atoms with Crippen LogP contribution < -0.4 is 10.2 Å². The average molecular weight is 534 g/mol. The molecule has 2 aromatic rings. The molecule has 1 amide bonds. The number of piperazine rings is 1. The van der Waals surface area contributed by atoms with Crippen LogP contribution in [0, 0.1) is 0 Å². The molecule has 0 radical (unpaired) electrons. The summed E-state index contributed by atoms with van der Waals surface area (Å²) in [5, 5.41) is 3.50. The first kappa shape index (κ1) is 23.3. The molecular weight excluding hydrogens is 503 g/mol. The lowest BCUT2D eigenvalue weighted by Crippen LogP contribution is -2.52. The van der Waals surface area contributed by atoms with Crippen molar-refractivity contribution in [1.82, 2.24) is 20.1 Å². The highest BCUT2D eigenvalue weighted by molar-refractivity contribution is 14.0. The smallest absolute Gasteiger partial charge is 0.222 e. The molecule has 2 saturated heterocycles. The van der Waals surface area contributed by atoms with E-state index in [4.69, 9.17) is 0 Å². The van der Waals surface area contributed by atoms with Crippen molar-refractivity contribution in [2.24, 2.45) is 4.99 Å². The molecule has 1 aromatic heterocycles. The van der Waals surface area contributed by atoms with Crippen molar-refractivity contribution < 1.29 is 4.79 Å². The largest absolute Gasteiger partial charge is 0.353 e. The Morgan fingerprint density at radius 2 is 1.87 bits per heavy atom. The number of aromatic nitrogens is 1. The Kier molecular flexibility index (Phi) is 8.51. The van der Waals surface area contributed by atoms with E-state index in [1.165, 1.54) is 11.1 Å². The molecule has 4 rings (SSSR count). The number of rotatable bonds is 5. The minimum atomic E-state index is 0. The second-order valence-corrected chi connectivity index (χ2v) is 7.80. The van der Waals surface area contributed by atoms with Gasteiger partial charge >= 0.3 is 0 Å². The maximum Gasteiger partial charge on any atom is 0.222 e. The molecule has 3 heterocycles. The van der Waals surface area contributed by atoms with Crippen LogP contribution in [-0.4, -0.2) is 66.4 Å². The second kappa shape index (κ2) is 11.3. The van der Waals surface area contributed by atoms with Gasteiger partial charge in [-0.2, -0.15) is 0 Å². The molecule has 0 bridgehead atoms. The predicted molar refractivity (Wildman–Crippen MR) is 135 cm³/mol. The summed E-state index contributed by atoms with van der Waals surface area (Å²) in [5.41, 5.74) is 2.39. The summed E-state index contributed by atoms with van der Waals surface area (Å²) in [5.74, 6) is 2.23. The first-order chi connectivity index (χ1) is 14.7. The molecule has 31 heavy (non-hydrogen) atoms. The summed E-state index contributed by atoms with van der Waals surface area (Å²) >= 11 is 0. The van der Waals surface area contributed by atoms with E-state index in [0.29, 0.717) is 13.0 Å². The normalized spacial score (nSPS) is 17.0. The highest BCUT2D eigenvalue weighted by Gasteiger charge is 2.21. The summed E-state index contributed by atoms with van der Waals surface area (Å²) < 4.78 is 0. The molecule has 1 N–H and O–H groups in total. The topological polar surface area (TPSA) is 64.1 Å². The minimum absolute atomic E-state index is 0. The van der Waals surface area contributed by atoms with Crippen LogP contribution in [0.4, 0.5) is 5.82 Å². The minimum Gasteiger partial charge on any atom is -0.353 e. The molecule has 2 fully saturated rings. The standard InChI is InChI=1S/C23H30N6O.HI/c1-24-23(28-14-12-27(13-15-28)21-8-2-3-10-25-21)26-17-19-6-4-7-20(16-19)18-29-11-5-9-22(29)30;/h2-4,6-8,10,16H,5,9,11-15,17-18H2,1H3,(H,24,26);1H. The molecule has 0 aliphatic carbocycles. The van der Waals surface area contributed by atoms with Crippen molar-refractivity contribution in [3.8, 4) is 0 Å². The Morgan fingerprint density at radius 1 is 1.06 bits per heavy atom. The lowest BCUT2D eigenvalue weighted by molar-refractivity contribution is -0.128. The van der Waals surface area contributed by atoms with E-state index >= 15 is 0 Å². The van der Waals surface area contributed by atoms with Crippen LogP contribution in [0.15, 0.2) is 53.7 Å². The van der Waals surface area contributed by atoms with Crippen molar-refractivity contribution in [2.45, 2.75) is 25.9 Å². The third kappa shape index (κ3) is 6.09. The van der Waals surface area contributed by atoms with E-state index in [-0.39, 0.29) is 29.9 Å². The van der Waals surface area contributed by atoms with E-state index in [1.807, 2.05) is 30.3 Å². The van der Waals surface area contributed by atoms with Crippen LogP contribution in [0.3, 0.4) is 0 Å². The van der Waals surface area contributed by atoms with E-state index in [1.54, 1.807) is 0 Å². The fraction of sp³-hybridized carbons (Fsp3) is 0.435. The molecule has 2 aliphatic heterocycles. The van der Waals surface area contributed by atoms with E-state index in [9.17, 15) is 4.79 Å². The monoisotopic (exact) mass is 534 g/mol. The van der Waals surface area contributed by atoms with Crippen molar-refractivity contribution >= 4 is 41.7 Å². The van der Waals surface area contributed by atoms with Crippen LogP contribution >= 0.6 is 24.0 Å². The van der Waals surface area contributed by atoms with Crippen molar-refractivity contribution in [1.29, 1.82) is 0 Å². The van der Waals surface area contributed by atoms with Gasteiger partial charge < -0.3 is 20.0 Å². The number of halogens is 1.